The Morgan fingerprint density at radius 3 is 1.19 bits per heavy atom. The van der Waals surface area contributed by atoms with E-state index in [1.165, 1.54) is 128 Å². The van der Waals surface area contributed by atoms with E-state index in [-0.39, 0.29) is 0 Å². The summed E-state index contributed by atoms with van der Waals surface area (Å²) in [7, 11) is 11.0. The summed E-state index contributed by atoms with van der Waals surface area (Å²) in [6, 6.07) is 53.5. The third kappa shape index (κ3) is 10.9. The summed E-state index contributed by atoms with van der Waals surface area (Å²) in [6.07, 6.45) is 10.2. The minimum absolute atomic E-state index is 0.826. The Labute approximate surface area is 345 Å². The summed E-state index contributed by atoms with van der Waals surface area (Å²) >= 11 is -0.826. The predicted molar refractivity (Wildman–Crippen MR) is 241 cm³/mol. The van der Waals surface area contributed by atoms with Crippen LogP contribution in [-0.2, 0) is 33.7 Å². The fraction of sp³-hybridized carbons (Fsp3) is 0.240. The normalized spacial score (nSPS) is 10.6. The molecule has 0 aliphatic rings. The van der Waals surface area contributed by atoms with E-state index in [0.29, 0.717) is 0 Å². The summed E-state index contributed by atoms with van der Waals surface area (Å²) in [5.74, 6) is 0. The third-order valence-corrected chi connectivity index (χ3v) is 9.92. The number of hydrogen-bond acceptors (Lipinski definition) is 0. The van der Waals surface area contributed by atoms with Crippen LogP contribution in [0.1, 0.15) is 63.5 Å². The molecule has 0 fully saturated rings. The van der Waals surface area contributed by atoms with Crippen molar-refractivity contribution in [2.45, 2.75) is 78.3 Å². The van der Waals surface area contributed by atoms with Gasteiger partial charge in [0.2, 0.25) is 0 Å². The summed E-state index contributed by atoms with van der Waals surface area (Å²) in [5.41, 5.74) is 8.34. The van der Waals surface area contributed by atoms with E-state index in [0.717, 1.165) is 9.52 Å². The number of hydrogen-bond donors (Lipinski definition) is 0. The molecule has 0 unspecified atom stereocenters. The molecule has 0 N–H and O–H groups in total. The van der Waals surface area contributed by atoms with Gasteiger partial charge in [0.1, 0.15) is 0 Å². The zero-order chi connectivity index (χ0) is 38.1. The summed E-state index contributed by atoms with van der Waals surface area (Å²) in [5, 5.41) is 10.8. The van der Waals surface area contributed by atoms with E-state index >= 15 is 0 Å². The maximum atomic E-state index is 4.93. The third-order valence-electron chi connectivity index (χ3n) is 9.92. The number of halogens is 2. The molecular formula is C50H52Cl2SiZr. The van der Waals surface area contributed by atoms with Crippen LogP contribution in [0, 0.1) is 0 Å². The summed E-state index contributed by atoms with van der Waals surface area (Å²) < 4.78 is 0. The van der Waals surface area contributed by atoms with E-state index in [9.17, 15) is 0 Å². The second-order valence-corrected chi connectivity index (χ2v) is 18.6. The molecule has 0 saturated heterocycles. The van der Waals surface area contributed by atoms with Gasteiger partial charge in [-0.1, -0.05) is 174 Å². The van der Waals surface area contributed by atoms with E-state index in [4.69, 9.17) is 17.0 Å². The average molecular weight is 843 g/mol. The fourth-order valence-corrected chi connectivity index (χ4v) is 7.43. The molecular weight excluding hydrogens is 791 g/mol. The van der Waals surface area contributed by atoms with Crippen molar-refractivity contribution < 1.29 is 20.8 Å². The van der Waals surface area contributed by atoms with Crippen LogP contribution >= 0.6 is 17.0 Å². The Hall–Kier alpha value is -3.26. The van der Waals surface area contributed by atoms with E-state index in [2.05, 4.69) is 173 Å². The molecule has 0 saturated carbocycles. The van der Waals surface area contributed by atoms with Crippen molar-refractivity contribution in [3.63, 3.8) is 0 Å². The van der Waals surface area contributed by atoms with Gasteiger partial charge in [-0.3, -0.25) is 0 Å². The van der Waals surface area contributed by atoms with Crippen molar-refractivity contribution in [1.29, 1.82) is 0 Å². The van der Waals surface area contributed by atoms with Gasteiger partial charge in [-0.25, -0.2) is 0 Å². The molecule has 0 spiro atoms. The molecule has 274 valence electrons. The molecule has 0 amide bonds. The first-order valence-corrected chi connectivity index (χ1v) is 27.8. The van der Waals surface area contributed by atoms with Gasteiger partial charge in [-0.05, 0) is 45.5 Å². The second kappa shape index (κ2) is 22.3. The molecule has 0 aliphatic carbocycles. The van der Waals surface area contributed by atoms with Crippen LogP contribution in [0.3, 0.4) is 0 Å². The molecule has 0 aliphatic heterocycles. The Bertz CT molecular complexity index is 2160. The molecule has 2 radical (unpaired) electrons. The van der Waals surface area contributed by atoms with Crippen molar-refractivity contribution in [3.05, 3.63) is 157 Å². The SMILES string of the molecule is CCCCCc1cc2c(-c3cccc4ccccc34)cccc2[cH-]1.CCCCCc1cc2c(-c3cccc4ccccc34)cccc2[cH-]1.C[Si]C.[Cl][Zr+2][Cl]. The molecule has 4 heteroatoms. The van der Waals surface area contributed by atoms with Gasteiger partial charge >= 0.3 is 37.9 Å². The van der Waals surface area contributed by atoms with Gasteiger partial charge in [0, 0.05) is 9.52 Å². The minimum atomic E-state index is -0.826. The first-order chi connectivity index (χ1) is 26.6. The van der Waals surface area contributed by atoms with E-state index in [1.807, 2.05) is 0 Å². The number of benzene rings is 6. The topological polar surface area (TPSA) is 0 Å². The van der Waals surface area contributed by atoms with Crippen molar-refractivity contribution in [1.82, 2.24) is 0 Å². The van der Waals surface area contributed by atoms with Crippen molar-refractivity contribution in [2.75, 3.05) is 0 Å². The van der Waals surface area contributed by atoms with Crippen LogP contribution < -0.4 is 0 Å². The molecule has 8 aromatic carbocycles. The number of fused-ring (bicyclic) bond motifs is 4. The van der Waals surface area contributed by atoms with Gasteiger partial charge in [0.05, 0.1) is 0 Å². The second-order valence-electron chi connectivity index (χ2n) is 13.9. The summed E-state index contributed by atoms with van der Waals surface area (Å²) in [6.45, 7) is 8.83. The fourth-order valence-electron chi connectivity index (χ4n) is 7.43. The van der Waals surface area contributed by atoms with Crippen LogP contribution in [0.25, 0.3) is 65.3 Å². The zero-order valence-electron chi connectivity index (χ0n) is 32.3. The summed E-state index contributed by atoms with van der Waals surface area (Å²) in [4.78, 5) is 0. The average Bonchev–Trinajstić information content (AvgIpc) is 3.83. The molecule has 54 heavy (non-hydrogen) atoms. The Balaban J connectivity index is 0.000000182. The van der Waals surface area contributed by atoms with Gasteiger partial charge in [-0.2, -0.15) is 12.1 Å². The molecule has 0 atom stereocenters. The quantitative estimate of drug-likeness (QED) is 0.0731. The van der Waals surface area contributed by atoms with Gasteiger partial charge in [-0.15, -0.1) is 69.1 Å². The Kier molecular flexibility index (Phi) is 17.3. The van der Waals surface area contributed by atoms with Crippen LogP contribution in [0.2, 0.25) is 13.1 Å². The van der Waals surface area contributed by atoms with Crippen LogP contribution in [0.4, 0.5) is 0 Å². The standard InChI is InChI=1S/2C24H23.C2H6Si.2ClH.Zr/c2*1-2-3-4-9-18-16-20-12-8-15-23(24(20)17-18)22-14-7-11-19-10-5-6-13-21(19)22;1-3-2;;;/h2*5-8,10-17H,2-4,9H2,1H3;1-2H3;2*1H;/q2*-1;;;;+4/p-2. The van der Waals surface area contributed by atoms with Crippen molar-refractivity contribution in [2.24, 2.45) is 0 Å². The van der Waals surface area contributed by atoms with Crippen LogP contribution in [0.15, 0.2) is 146 Å². The van der Waals surface area contributed by atoms with Crippen molar-refractivity contribution in [3.8, 4) is 22.3 Å². The number of aryl methyl sites for hydroxylation is 2. The van der Waals surface area contributed by atoms with Crippen LogP contribution in [0.5, 0.6) is 0 Å². The number of unbranched alkanes of at least 4 members (excludes halogenated alkanes) is 4. The van der Waals surface area contributed by atoms with Gasteiger partial charge in [0.25, 0.3) is 0 Å². The van der Waals surface area contributed by atoms with Gasteiger partial charge < -0.3 is 0 Å². The molecule has 8 aromatic rings. The van der Waals surface area contributed by atoms with Crippen LogP contribution in [-0.4, -0.2) is 9.52 Å². The maximum absolute atomic E-state index is 4.93. The molecule has 8 rings (SSSR count). The molecule has 0 nitrogen and oxygen atoms in total. The van der Waals surface area contributed by atoms with Crippen molar-refractivity contribution >= 4 is 69.6 Å². The number of rotatable bonds is 10. The Morgan fingerprint density at radius 2 is 0.796 bits per heavy atom. The molecule has 0 heterocycles. The monoisotopic (exact) mass is 840 g/mol. The van der Waals surface area contributed by atoms with E-state index in [1.54, 1.807) is 0 Å². The zero-order valence-corrected chi connectivity index (χ0v) is 37.2. The predicted octanol–water partition coefficient (Wildman–Crippen LogP) is 16.4. The van der Waals surface area contributed by atoms with E-state index < -0.39 is 20.8 Å². The molecule has 0 aromatic heterocycles. The van der Waals surface area contributed by atoms with Gasteiger partial charge in [0.15, 0.2) is 0 Å². The Morgan fingerprint density at radius 1 is 0.463 bits per heavy atom. The first-order valence-electron chi connectivity index (χ1n) is 19.4. The first kappa shape index (κ1) is 41.9. The molecule has 0 bridgehead atoms.